The molecule has 1 aromatic heterocycles. The summed E-state index contributed by atoms with van der Waals surface area (Å²) in [4.78, 5) is 15.9. The maximum atomic E-state index is 11.2. The van der Waals surface area contributed by atoms with Crippen LogP contribution in [0.15, 0.2) is 42.5 Å². The number of carbonyl (C=O) groups excluding carboxylic acids is 1. The molecule has 0 unspecified atom stereocenters. The van der Waals surface area contributed by atoms with E-state index >= 15 is 0 Å². The number of benzene rings is 2. The number of carbonyl (C=O) groups is 1. The third-order valence-corrected chi connectivity index (χ3v) is 4.13. The van der Waals surface area contributed by atoms with Gasteiger partial charge in [-0.05, 0) is 37.6 Å². The maximum Gasteiger partial charge on any atom is 0.217 e. The molecule has 0 saturated heterocycles. The third kappa shape index (κ3) is 3.99. The van der Waals surface area contributed by atoms with Crippen LogP contribution in [-0.4, -0.2) is 22.1 Å². The highest BCUT2D eigenvalue weighted by Gasteiger charge is 2.11. The first kappa shape index (κ1) is 17.0. The van der Waals surface area contributed by atoms with Crippen molar-refractivity contribution in [3.8, 4) is 5.75 Å². The molecule has 0 atom stereocenters. The maximum absolute atomic E-state index is 11.2. The van der Waals surface area contributed by atoms with Crippen molar-refractivity contribution in [1.82, 2.24) is 14.9 Å². The molecule has 0 bridgehead atoms. The molecular weight excluding hydrogens is 314 g/mol. The lowest BCUT2D eigenvalue weighted by molar-refractivity contribution is -0.119. The summed E-state index contributed by atoms with van der Waals surface area (Å²) in [6, 6.07) is 14.2. The molecule has 1 amide bonds. The number of hydrogen-bond donors (Lipinski definition) is 1. The Bertz CT molecular complexity index is 899. The van der Waals surface area contributed by atoms with E-state index in [-0.39, 0.29) is 5.91 Å². The molecule has 0 aliphatic rings. The Morgan fingerprint density at radius 1 is 1.20 bits per heavy atom. The average Bonchev–Trinajstić information content (AvgIpc) is 2.93. The van der Waals surface area contributed by atoms with Crippen molar-refractivity contribution >= 4 is 16.9 Å². The van der Waals surface area contributed by atoms with Crippen LogP contribution in [0.3, 0.4) is 0 Å². The number of para-hydroxylation sites is 2. The fraction of sp³-hybridized carbons (Fsp3) is 0.300. The zero-order valence-electron chi connectivity index (χ0n) is 14.9. The van der Waals surface area contributed by atoms with Gasteiger partial charge < -0.3 is 14.6 Å². The van der Waals surface area contributed by atoms with Crippen LogP contribution in [0.2, 0.25) is 0 Å². The number of hydrogen-bond acceptors (Lipinski definition) is 3. The summed E-state index contributed by atoms with van der Waals surface area (Å²) in [7, 11) is 0. The van der Waals surface area contributed by atoms with E-state index in [0.29, 0.717) is 19.7 Å². The van der Waals surface area contributed by atoms with E-state index < -0.39 is 0 Å². The summed E-state index contributed by atoms with van der Waals surface area (Å²) in [6.45, 7) is 7.25. The van der Waals surface area contributed by atoms with Crippen LogP contribution in [0.25, 0.3) is 11.0 Å². The third-order valence-electron chi connectivity index (χ3n) is 4.13. The molecule has 0 radical (unpaired) electrons. The molecular formula is C20H23N3O2. The number of nitrogens with zero attached hydrogens (tertiary/aromatic N) is 2. The lowest BCUT2D eigenvalue weighted by Crippen LogP contribution is -2.22. The minimum Gasteiger partial charge on any atom is -0.491 e. The van der Waals surface area contributed by atoms with E-state index in [2.05, 4.69) is 40.8 Å². The summed E-state index contributed by atoms with van der Waals surface area (Å²) >= 11 is 0. The number of amides is 1. The van der Waals surface area contributed by atoms with Crippen molar-refractivity contribution in [2.24, 2.45) is 0 Å². The summed E-state index contributed by atoms with van der Waals surface area (Å²) in [5.41, 5.74) is 4.33. The number of aromatic nitrogens is 2. The van der Waals surface area contributed by atoms with Gasteiger partial charge in [-0.15, -0.1) is 0 Å². The second kappa shape index (κ2) is 7.38. The van der Waals surface area contributed by atoms with E-state index in [1.165, 1.54) is 12.5 Å². The Hall–Kier alpha value is -2.82. The van der Waals surface area contributed by atoms with Gasteiger partial charge in [0, 0.05) is 6.92 Å². The minimum atomic E-state index is -0.0647. The highest BCUT2D eigenvalue weighted by molar-refractivity contribution is 5.76. The molecule has 2 aromatic carbocycles. The van der Waals surface area contributed by atoms with E-state index in [4.69, 9.17) is 4.74 Å². The monoisotopic (exact) mass is 337 g/mol. The van der Waals surface area contributed by atoms with Gasteiger partial charge in [0.1, 0.15) is 18.2 Å². The number of rotatable bonds is 6. The van der Waals surface area contributed by atoms with E-state index in [0.717, 1.165) is 28.2 Å². The molecule has 3 aromatic rings. The van der Waals surface area contributed by atoms with Crippen molar-refractivity contribution < 1.29 is 9.53 Å². The first-order valence-corrected chi connectivity index (χ1v) is 8.43. The molecule has 130 valence electrons. The molecule has 1 N–H and O–H groups in total. The Morgan fingerprint density at radius 2 is 2.00 bits per heavy atom. The number of nitrogens with one attached hydrogen (secondary N) is 1. The van der Waals surface area contributed by atoms with Crippen LogP contribution in [0.1, 0.15) is 23.9 Å². The largest absolute Gasteiger partial charge is 0.491 e. The minimum absolute atomic E-state index is 0.0647. The Kier molecular flexibility index (Phi) is 5.03. The second-order valence-electron chi connectivity index (χ2n) is 6.20. The quantitative estimate of drug-likeness (QED) is 0.750. The second-order valence-corrected chi connectivity index (χ2v) is 6.20. The zero-order chi connectivity index (χ0) is 17.8. The lowest BCUT2D eigenvalue weighted by Gasteiger charge is -2.13. The fourth-order valence-corrected chi connectivity index (χ4v) is 2.92. The van der Waals surface area contributed by atoms with Crippen LogP contribution in [-0.2, 0) is 17.9 Å². The van der Waals surface area contributed by atoms with Crippen LogP contribution in [0, 0.1) is 13.8 Å². The molecule has 3 rings (SSSR count). The van der Waals surface area contributed by atoms with Crippen molar-refractivity contribution in [2.75, 3.05) is 6.61 Å². The van der Waals surface area contributed by atoms with Gasteiger partial charge in [-0.1, -0.05) is 29.8 Å². The standard InChI is InChI=1S/C20H23N3O2/c1-14-8-9-19(15(2)12-14)25-11-10-23-18-7-5-4-6-17(18)22-20(23)13-21-16(3)24/h4-9,12H,10-11,13H2,1-3H3,(H,21,24). The molecule has 0 aliphatic carbocycles. The van der Waals surface area contributed by atoms with E-state index in [1.54, 1.807) is 0 Å². The van der Waals surface area contributed by atoms with Gasteiger partial charge in [0.2, 0.25) is 5.91 Å². The summed E-state index contributed by atoms with van der Waals surface area (Å²) in [6.07, 6.45) is 0. The highest BCUT2D eigenvalue weighted by Crippen LogP contribution is 2.20. The molecule has 1 heterocycles. The number of aryl methyl sites for hydroxylation is 2. The molecule has 0 saturated carbocycles. The number of imidazole rings is 1. The number of ether oxygens (including phenoxy) is 1. The molecule has 0 spiro atoms. The Labute approximate surface area is 147 Å². The fourth-order valence-electron chi connectivity index (χ4n) is 2.92. The molecule has 0 fully saturated rings. The van der Waals surface area contributed by atoms with Crippen LogP contribution in [0.4, 0.5) is 0 Å². The summed E-state index contributed by atoms with van der Waals surface area (Å²) in [5.74, 6) is 1.67. The summed E-state index contributed by atoms with van der Waals surface area (Å²) in [5, 5.41) is 2.82. The van der Waals surface area contributed by atoms with Crippen LogP contribution >= 0.6 is 0 Å². The van der Waals surface area contributed by atoms with Gasteiger partial charge in [0.15, 0.2) is 0 Å². The molecule has 5 nitrogen and oxygen atoms in total. The van der Waals surface area contributed by atoms with Gasteiger partial charge in [-0.2, -0.15) is 0 Å². The lowest BCUT2D eigenvalue weighted by atomic mass is 10.1. The smallest absolute Gasteiger partial charge is 0.217 e. The van der Waals surface area contributed by atoms with Gasteiger partial charge in [-0.25, -0.2) is 4.98 Å². The average molecular weight is 337 g/mol. The van der Waals surface area contributed by atoms with E-state index in [1.807, 2.05) is 30.3 Å². The van der Waals surface area contributed by atoms with Crippen molar-refractivity contribution in [3.63, 3.8) is 0 Å². The topological polar surface area (TPSA) is 56.2 Å². The van der Waals surface area contributed by atoms with Gasteiger partial charge in [0.25, 0.3) is 0 Å². The predicted octanol–water partition coefficient (Wildman–Crippen LogP) is 3.37. The first-order valence-electron chi connectivity index (χ1n) is 8.43. The predicted molar refractivity (Wildman–Crippen MR) is 98.7 cm³/mol. The number of fused-ring (bicyclic) bond motifs is 1. The molecule has 5 heteroatoms. The van der Waals surface area contributed by atoms with E-state index in [9.17, 15) is 4.79 Å². The van der Waals surface area contributed by atoms with Gasteiger partial charge in [0.05, 0.1) is 24.1 Å². The SMILES string of the molecule is CC(=O)NCc1nc2ccccc2n1CCOc1ccc(C)cc1C. The van der Waals surface area contributed by atoms with Crippen LogP contribution < -0.4 is 10.1 Å². The van der Waals surface area contributed by atoms with Crippen molar-refractivity contribution in [3.05, 3.63) is 59.4 Å². The highest BCUT2D eigenvalue weighted by atomic mass is 16.5. The Balaban J connectivity index is 1.77. The Morgan fingerprint density at radius 3 is 2.76 bits per heavy atom. The van der Waals surface area contributed by atoms with Crippen molar-refractivity contribution in [1.29, 1.82) is 0 Å². The van der Waals surface area contributed by atoms with Gasteiger partial charge >= 0.3 is 0 Å². The molecule has 25 heavy (non-hydrogen) atoms. The van der Waals surface area contributed by atoms with Crippen molar-refractivity contribution in [2.45, 2.75) is 33.9 Å². The normalized spacial score (nSPS) is 10.8. The molecule has 0 aliphatic heterocycles. The van der Waals surface area contributed by atoms with Gasteiger partial charge in [-0.3, -0.25) is 4.79 Å². The zero-order valence-corrected chi connectivity index (χ0v) is 14.9. The summed E-state index contributed by atoms with van der Waals surface area (Å²) < 4.78 is 8.06. The first-order chi connectivity index (χ1) is 12.0. The van der Waals surface area contributed by atoms with Crippen LogP contribution in [0.5, 0.6) is 5.75 Å².